The zero-order chi connectivity index (χ0) is 24.1. The maximum atomic E-state index is 13.9. The minimum atomic E-state index is -0.761. The Hall–Kier alpha value is -3.39. The number of aliphatic hydroxyl groups excluding tert-OH is 1. The van der Waals surface area contributed by atoms with Crippen LogP contribution in [0.4, 0.5) is 11.5 Å². The average molecular weight is 488 g/mol. The van der Waals surface area contributed by atoms with E-state index in [0.717, 1.165) is 47.4 Å². The highest BCUT2D eigenvalue weighted by Gasteiger charge is 2.35. The molecule has 35 heavy (non-hydrogen) atoms. The molecule has 4 aromatic rings. The summed E-state index contributed by atoms with van der Waals surface area (Å²) in [6, 6.07) is 19.3. The van der Waals surface area contributed by atoms with Gasteiger partial charge in [0.15, 0.2) is 0 Å². The smallest absolute Gasteiger partial charge is 0.264 e. The predicted molar refractivity (Wildman–Crippen MR) is 139 cm³/mol. The van der Waals surface area contributed by atoms with Crippen LogP contribution in [0.25, 0.3) is 16.5 Å². The second kappa shape index (κ2) is 8.68. The molecule has 4 heterocycles. The number of fused-ring (bicyclic) bond motifs is 2. The SMILES string of the molecule is CN1CNc2nccc(N3CCCC3c3cc4cccc(Cl)c4c(=O)n3-c3ccccc3)c2C1O. The van der Waals surface area contributed by atoms with E-state index in [9.17, 15) is 9.90 Å². The second-order valence-electron chi connectivity index (χ2n) is 9.16. The predicted octanol–water partition coefficient (Wildman–Crippen LogP) is 4.69. The summed E-state index contributed by atoms with van der Waals surface area (Å²) < 4.78 is 1.80. The van der Waals surface area contributed by atoms with Crippen LogP contribution >= 0.6 is 11.6 Å². The van der Waals surface area contributed by atoms with E-state index in [1.807, 2.05) is 60.5 Å². The van der Waals surface area contributed by atoms with Gasteiger partial charge in [-0.05, 0) is 55.6 Å². The van der Waals surface area contributed by atoms with Crippen molar-refractivity contribution in [3.05, 3.63) is 93.5 Å². The van der Waals surface area contributed by atoms with E-state index >= 15 is 0 Å². The monoisotopic (exact) mass is 487 g/mol. The molecule has 6 rings (SSSR count). The fourth-order valence-electron chi connectivity index (χ4n) is 5.41. The van der Waals surface area contributed by atoms with E-state index in [-0.39, 0.29) is 11.6 Å². The summed E-state index contributed by atoms with van der Waals surface area (Å²) in [6.45, 7) is 1.33. The molecule has 2 aliphatic rings. The number of nitrogens with zero attached hydrogens (tertiary/aromatic N) is 4. The number of hydrogen-bond donors (Lipinski definition) is 2. The molecule has 0 amide bonds. The summed E-state index contributed by atoms with van der Waals surface area (Å²) in [7, 11) is 1.87. The van der Waals surface area contributed by atoms with Crippen LogP contribution < -0.4 is 15.8 Å². The summed E-state index contributed by atoms with van der Waals surface area (Å²) in [6.07, 6.45) is 2.87. The number of rotatable bonds is 3. The van der Waals surface area contributed by atoms with Crippen molar-refractivity contribution in [3.63, 3.8) is 0 Å². The molecule has 0 radical (unpaired) electrons. The third-order valence-electron chi connectivity index (χ3n) is 7.08. The lowest BCUT2D eigenvalue weighted by Gasteiger charge is -2.36. The zero-order valence-electron chi connectivity index (χ0n) is 19.4. The van der Waals surface area contributed by atoms with Crippen LogP contribution in [0.2, 0.25) is 5.02 Å². The van der Waals surface area contributed by atoms with Crippen molar-refractivity contribution in [2.24, 2.45) is 0 Å². The number of aromatic nitrogens is 2. The van der Waals surface area contributed by atoms with Gasteiger partial charge in [-0.15, -0.1) is 0 Å². The average Bonchev–Trinajstić information content (AvgIpc) is 3.36. The largest absolute Gasteiger partial charge is 0.374 e. The minimum absolute atomic E-state index is 0.0581. The van der Waals surface area contributed by atoms with E-state index in [1.54, 1.807) is 16.8 Å². The summed E-state index contributed by atoms with van der Waals surface area (Å²) in [5, 5.41) is 16.1. The minimum Gasteiger partial charge on any atom is -0.374 e. The molecule has 1 fully saturated rings. The Morgan fingerprint density at radius 1 is 1.11 bits per heavy atom. The molecule has 0 spiro atoms. The van der Waals surface area contributed by atoms with Gasteiger partial charge in [-0.25, -0.2) is 4.98 Å². The summed E-state index contributed by atoms with van der Waals surface area (Å²) in [5.74, 6) is 0.699. The lowest BCUT2D eigenvalue weighted by molar-refractivity contribution is 0.0211. The molecule has 2 N–H and O–H groups in total. The molecular formula is C27H26ClN5O2. The van der Waals surface area contributed by atoms with E-state index in [2.05, 4.69) is 21.3 Å². The molecule has 2 aromatic carbocycles. The highest BCUT2D eigenvalue weighted by atomic mass is 35.5. The third kappa shape index (κ3) is 3.58. The van der Waals surface area contributed by atoms with Gasteiger partial charge < -0.3 is 15.3 Å². The van der Waals surface area contributed by atoms with Gasteiger partial charge in [0.2, 0.25) is 0 Å². The van der Waals surface area contributed by atoms with Gasteiger partial charge in [-0.1, -0.05) is 41.9 Å². The van der Waals surface area contributed by atoms with E-state index in [1.165, 1.54) is 0 Å². The summed E-state index contributed by atoms with van der Waals surface area (Å²) in [5.41, 5.74) is 3.29. The number of para-hydroxylation sites is 1. The van der Waals surface area contributed by atoms with Gasteiger partial charge in [-0.3, -0.25) is 14.3 Å². The van der Waals surface area contributed by atoms with Crippen molar-refractivity contribution in [2.75, 3.05) is 30.5 Å². The first kappa shape index (κ1) is 22.1. The Labute approximate surface area is 208 Å². The molecule has 2 atom stereocenters. The summed E-state index contributed by atoms with van der Waals surface area (Å²) in [4.78, 5) is 22.5. The Kier molecular flexibility index (Phi) is 5.48. The number of hydrogen-bond acceptors (Lipinski definition) is 6. The molecule has 0 aliphatic carbocycles. The fourth-order valence-corrected chi connectivity index (χ4v) is 5.67. The van der Waals surface area contributed by atoms with Crippen molar-refractivity contribution < 1.29 is 5.11 Å². The van der Waals surface area contributed by atoms with Crippen LogP contribution in [0.5, 0.6) is 0 Å². The van der Waals surface area contributed by atoms with Gasteiger partial charge in [-0.2, -0.15) is 0 Å². The number of anilines is 2. The quantitative estimate of drug-likeness (QED) is 0.437. The van der Waals surface area contributed by atoms with Crippen LogP contribution in [0.1, 0.15) is 36.4 Å². The molecule has 178 valence electrons. The highest BCUT2D eigenvalue weighted by molar-refractivity contribution is 6.35. The van der Waals surface area contributed by atoms with Crippen molar-refractivity contribution in [1.29, 1.82) is 0 Å². The van der Waals surface area contributed by atoms with Crippen LogP contribution in [0, 0.1) is 0 Å². The zero-order valence-corrected chi connectivity index (χ0v) is 20.1. The number of aliphatic hydroxyl groups is 1. The van der Waals surface area contributed by atoms with Crippen molar-refractivity contribution in [1.82, 2.24) is 14.5 Å². The lowest BCUT2D eigenvalue weighted by Crippen LogP contribution is -2.37. The van der Waals surface area contributed by atoms with Crippen LogP contribution in [-0.2, 0) is 0 Å². The first-order valence-electron chi connectivity index (χ1n) is 11.8. The number of halogens is 1. The number of pyridine rings is 2. The molecule has 7 nitrogen and oxygen atoms in total. The van der Waals surface area contributed by atoms with Crippen LogP contribution in [0.15, 0.2) is 71.7 Å². The Bertz CT molecular complexity index is 1470. The van der Waals surface area contributed by atoms with Crippen LogP contribution in [0.3, 0.4) is 0 Å². The normalized spacial score (nSPS) is 20.1. The lowest BCUT2D eigenvalue weighted by atomic mass is 10.0. The Morgan fingerprint density at radius 3 is 2.77 bits per heavy atom. The Morgan fingerprint density at radius 2 is 1.94 bits per heavy atom. The van der Waals surface area contributed by atoms with Crippen LogP contribution in [-0.4, -0.2) is 39.8 Å². The van der Waals surface area contributed by atoms with Crippen molar-refractivity contribution >= 4 is 33.9 Å². The first-order chi connectivity index (χ1) is 17.0. The number of nitrogens with one attached hydrogen (secondary N) is 1. The molecule has 2 aromatic heterocycles. The maximum absolute atomic E-state index is 13.9. The van der Waals surface area contributed by atoms with Gasteiger partial charge >= 0.3 is 0 Å². The van der Waals surface area contributed by atoms with Gasteiger partial charge in [0.25, 0.3) is 5.56 Å². The highest BCUT2D eigenvalue weighted by Crippen LogP contribution is 2.43. The standard InChI is InChI=1S/C27H26ClN5O2/c1-31-16-30-25-24(26(31)34)21(12-13-29-25)32-14-6-11-20(32)22-15-17-7-5-10-19(28)23(17)27(35)33(22)18-8-3-2-4-9-18/h2-5,7-10,12-13,15,20,26,34H,6,11,14,16H2,1H3,(H,29,30). The maximum Gasteiger partial charge on any atom is 0.264 e. The molecule has 1 saturated heterocycles. The van der Waals surface area contributed by atoms with Crippen molar-refractivity contribution in [3.8, 4) is 5.69 Å². The summed E-state index contributed by atoms with van der Waals surface area (Å²) >= 11 is 6.50. The van der Waals surface area contributed by atoms with Gasteiger partial charge in [0.05, 0.1) is 28.7 Å². The van der Waals surface area contributed by atoms with Gasteiger partial charge in [0.1, 0.15) is 12.0 Å². The van der Waals surface area contributed by atoms with E-state index in [0.29, 0.717) is 22.9 Å². The first-order valence-corrected chi connectivity index (χ1v) is 12.2. The molecule has 2 unspecified atom stereocenters. The van der Waals surface area contributed by atoms with Crippen molar-refractivity contribution in [2.45, 2.75) is 25.1 Å². The third-order valence-corrected chi connectivity index (χ3v) is 7.40. The molecular weight excluding hydrogens is 462 g/mol. The fraction of sp³-hybridized carbons (Fsp3) is 0.259. The number of benzene rings is 2. The molecule has 2 aliphatic heterocycles. The second-order valence-corrected chi connectivity index (χ2v) is 9.57. The van der Waals surface area contributed by atoms with Gasteiger partial charge in [0, 0.05) is 29.8 Å². The topological polar surface area (TPSA) is 73.6 Å². The van der Waals surface area contributed by atoms with E-state index < -0.39 is 6.23 Å². The van der Waals surface area contributed by atoms with E-state index in [4.69, 9.17) is 11.6 Å². The molecule has 0 bridgehead atoms. The molecule has 0 saturated carbocycles. The molecule has 8 heteroatoms. The Balaban J connectivity index is 1.57.